The van der Waals surface area contributed by atoms with E-state index >= 15 is 0 Å². The second kappa shape index (κ2) is 11.9. The van der Waals surface area contributed by atoms with Crippen molar-refractivity contribution in [2.45, 2.75) is 42.4 Å². The van der Waals surface area contributed by atoms with Gasteiger partial charge in [0.05, 0.1) is 20.3 Å². The molecule has 0 radical (unpaired) electrons. The molecule has 2 aromatic carbocycles. The Morgan fingerprint density at radius 2 is 1.57 bits per heavy atom. The number of aryl methyl sites for hydroxylation is 1. The molecule has 2 heterocycles. The van der Waals surface area contributed by atoms with Gasteiger partial charge in [-0.25, -0.2) is 4.79 Å². The molecule has 35 heavy (non-hydrogen) atoms. The van der Waals surface area contributed by atoms with Gasteiger partial charge in [-0.2, -0.15) is 23.5 Å². The zero-order valence-electron chi connectivity index (χ0n) is 20.1. The van der Waals surface area contributed by atoms with Crippen LogP contribution in [0.15, 0.2) is 64.3 Å². The van der Waals surface area contributed by atoms with Gasteiger partial charge in [-0.1, -0.05) is 24.3 Å². The van der Waals surface area contributed by atoms with Crippen LogP contribution in [0.3, 0.4) is 0 Å². The van der Waals surface area contributed by atoms with Crippen LogP contribution < -0.4 is 20.7 Å². The van der Waals surface area contributed by atoms with E-state index in [9.17, 15) is 9.59 Å². The van der Waals surface area contributed by atoms with Crippen LogP contribution in [0.4, 0.5) is 0 Å². The van der Waals surface area contributed by atoms with Crippen LogP contribution in [-0.4, -0.2) is 40.9 Å². The molecule has 0 bridgehead atoms. The maximum atomic E-state index is 12.5. The largest absolute Gasteiger partial charge is 0.497 e. The number of benzene rings is 2. The lowest BCUT2D eigenvalue weighted by atomic mass is 10.2. The number of ether oxygens (including phenoxy) is 3. The molecule has 1 fully saturated rings. The third-order valence-electron chi connectivity index (χ3n) is 5.97. The molecule has 186 valence electrons. The van der Waals surface area contributed by atoms with Gasteiger partial charge in [0, 0.05) is 40.7 Å². The van der Waals surface area contributed by atoms with Crippen molar-refractivity contribution in [3.8, 4) is 11.5 Å². The van der Waals surface area contributed by atoms with Crippen LogP contribution in [0, 0.1) is 6.92 Å². The van der Waals surface area contributed by atoms with Gasteiger partial charge >= 0.3 is 5.69 Å². The molecular formula is C26H30N2O5S2. The third-order valence-corrected chi connectivity index (χ3v) is 8.50. The number of methoxy groups -OCH3 is 2. The summed E-state index contributed by atoms with van der Waals surface area (Å²) in [6.07, 6.45) is 1.87. The van der Waals surface area contributed by atoms with Crippen LogP contribution in [0.1, 0.15) is 29.3 Å². The normalized spacial score (nSPS) is 19.6. The number of thioether (sulfide) groups is 2. The third kappa shape index (κ3) is 6.54. The van der Waals surface area contributed by atoms with Crippen molar-refractivity contribution >= 4 is 23.5 Å². The molecule has 0 unspecified atom stereocenters. The van der Waals surface area contributed by atoms with Crippen LogP contribution in [0.2, 0.25) is 0 Å². The molecular weight excluding hydrogens is 484 g/mol. The summed E-state index contributed by atoms with van der Waals surface area (Å²) in [7, 11) is 3.32. The highest BCUT2D eigenvalue weighted by atomic mass is 32.2. The number of H-pyrrole nitrogens is 1. The van der Waals surface area contributed by atoms with Gasteiger partial charge in [-0.15, -0.1) is 0 Å². The fourth-order valence-corrected chi connectivity index (χ4v) is 6.42. The van der Waals surface area contributed by atoms with E-state index in [2.05, 4.69) is 29.2 Å². The summed E-state index contributed by atoms with van der Waals surface area (Å²) in [5, 5.41) is 0.213. The minimum absolute atomic E-state index is 0.0226. The number of aromatic amines is 1. The predicted molar refractivity (Wildman–Crippen MR) is 142 cm³/mol. The standard InChI is InChI=1S/C26H30N2O5S2/c1-17-13-28(26(30)27-25(17)29)24-12-23(35-15-19-6-10-21(32-3)11-7-19)22(33-24)16-34-14-18-4-8-20(31-2)9-5-18/h4-11,13,22-24H,12,14-16H2,1-3H3,(H,27,29,30)/t22-,23+,24-/m1/s1. The van der Waals surface area contributed by atoms with E-state index in [0.717, 1.165) is 28.8 Å². The van der Waals surface area contributed by atoms with E-state index in [0.29, 0.717) is 12.0 Å². The lowest BCUT2D eigenvalue weighted by Crippen LogP contribution is -2.33. The highest BCUT2D eigenvalue weighted by Crippen LogP contribution is 2.39. The van der Waals surface area contributed by atoms with Gasteiger partial charge in [0.1, 0.15) is 17.7 Å². The first-order valence-electron chi connectivity index (χ1n) is 11.4. The maximum Gasteiger partial charge on any atom is 0.330 e. The number of hydrogen-bond donors (Lipinski definition) is 1. The first-order chi connectivity index (χ1) is 17.0. The van der Waals surface area contributed by atoms with Crippen molar-refractivity contribution < 1.29 is 14.2 Å². The molecule has 0 saturated carbocycles. The summed E-state index contributed by atoms with van der Waals surface area (Å²) in [5.41, 5.74) is 2.13. The highest BCUT2D eigenvalue weighted by Gasteiger charge is 2.37. The smallest absolute Gasteiger partial charge is 0.330 e. The Labute approximate surface area is 213 Å². The van der Waals surface area contributed by atoms with Crippen LogP contribution in [0.25, 0.3) is 0 Å². The van der Waals surface area contributed by atoms with E-state index in [1.165, 1.54) is 15.7 Å². The first kappa shape index (κ1) is 25.5. The molecule has 7 nitrogen and oxygen atoms in total. The highest BCUT2D eigenvalue weighted by molar-refractivity contribution is 7.99. The Kier molecular flexibility index (Phi) is 8.64. The molecule has 0 spiro atoms. The van der Waals surface area contributed by atoms with Crippen molar-refractivity contribution in [1.82, 2.24) is 9.55 Å². The van der Waals surface area contributed by atoms with E-state index < -0.39 is 11.9 Å². The van der Waals surface area contributed by atoms with Crippen molar-refractivity contribution in [2.24, 2.45) is 0 Å². The summed E-state index contributed by atoms with van der Waals surface area (Å²) in [6.45, 7) is 1.70. The Bertz CT molecular complexity index is 1220. The van der Waals surface area contributed by atoms with Gasteiger partial charge in [-0.3, -0.25) is 14.3 Å². The van der Waals surface area contributed by atoms with E-state index in [-0.39, 0.29) is 16.9 Å². The van der Waals surface area contributed by atoms with Gasteiger partial charge < -0.3 is 14.2 Å². The summed E-state index contributed by atoms with van der Waals surface area (Å²) in [5.74, 6) is 4.19. The van der Waals surface area contributed by atoms with Crippen molar-refractivity contribution in [3.63, 3.8) is 0 Å². The van der Waals surface area contributed by atoms with Gasteiger partial charge in [0.2, 0.25) is 0 Å². The van der Waals surface area contributed by atoms with E-state index in [4.69, 9.17) is 14.2 Å². The molecule has 1 aliphatic rings. The summed E-state index contributed by atoms with van der Waals surface area (Å²) in [6, 6.07) is 16.2. The zero-order chi connectivity index (χ0) is 24.8. The van der Waals surface area contributed by atoms with Crippen molar-refractivity contribution in [3.05, 3.63) is 92.3 Å². The molecule has 1 aliphatic heterocycles. The minimum Gasteiger partial charge on any atom is -0.497 e. The molecule has 1 N–H and O–H groups in total. The Hall–Kier alpha value is -2.62. The molecule has 0 aliphatic carbocycles. The predicted octanol–water partition coefficient (Wildman–Crippen LogP) is 4.39. The molecule has 4 rings (SSSR count). The quantitative estimate of drug-likeness (QED) is 0.430. The number of aromatic nitrogens is 2. The molecule has 0 amide bonds. The average molecular weight is 515 g/mol. The van der Waals surface area contributed by atoms with Crippen LogP contribution in [-0.2, 0) is 16.2 Å². The summed E-state index contributed by atoms with van der Waals surface area (Å²) < 4.78 is 18.4. The molecule has 1 aromatic heterocycles. The van der Waals surface area contributed by atoms with Crippen LogP contribution in [0.5, 0.6) is 11.5 Å². The number of rotatable bonds is 10. The molecule has 3 aromatic rings. The fraction of sp³-hybridized carbons (Fsp3) is 0.385. The SMILES string of the molecule is COc1ccc(CSC[C@H]2O[C@@H](n3cc(C)c(=O)[nH]c3=O)C[C@@H]2SCc2ccc(OC)cc2)cc1. The summed E-state index contributed by atoms with van der Waals surface area (Å²) >= 11 is 3.65. The first-order valence-corrected chi connectivity index (χ1v) is 13.6. The molecule has 1 saturated heterocycles. The second-order valence-electron chi connectivity index (χ2n) is 8.40. The van der Waals surface area contributed by atoms with Gasteiger partial charge in [0.25, 0.3) is 5.56 Å². The Balaban J connectivity index is 1.44. The number of nitrogens with zero attached hydrogens (tertiary/aromatic N) is 1. The van der Waals surface area contributed by atoms with Crippen molar-refractivity contribution in [2.75, 3.05) is 20.0 Å². The lowest BCUT2D eigenvalue weighted by molar-refractivity contribution is 0.0105. The topological polar surface area (TPSA) is 82.5 Å². The Morgan fingerprint density at radius 1 is 0.971 bits per heavy atom. The van der Waals surface area contributed by atoms with Gasteiger partial charge in [-0.05, 0) is 42.3 Å². The number of nitrogens with one attached hydrogen (secondary N) is 1. The lowest BCUT2D eigenvalue weighted by Gasteiger charge is -2.18. The fourth-order valence-electron chi connectivity index (χ4n) is 3.94. The zero-order valence-corrected chi connectivity index (χ0v) is 21.7. The Morgan fingerprint density at radius 3 is 2.17 bits per heavy atom. The minimum atomic E-state index is -0.434. The molecule has 9 heteroatoms. The monoisotopic (exact) mass is 514 g/mol. The van der Waals surface area contributed by atoms with E-state index in [1.54, 1.807) is 27.3 Å². The van der Waals surface area contributed by atoms with Crippen molar-refractivity contribution in [1.29, 1.82) is 0 Å². The van der Waals surface area contributed by atoms with Crippen LogP contribution >= 0.6 is 23.5 Å². The average Bonchev–Trinajstić information content (AvgIpc) is 3.28. The summed E-state index contributed by atoms with van der Waals surface area (Å²) in [4.78, 5) is 26.7. The van der Waals surface area contributed by atoms with E-state index in [1.807, 2.05) is 47.8 Å². The molecule has 3 atom stereocenters. The second-order valence-corrected chi connectivity index (χ2v) is 10.7. The maximum absolute atomic E-state index is 12.5. The van der Waals surface area contributed by atoms with Gasteiger partial charge in [0.15, 0.2) is 0 Å². The number of hydrogen-bond acceptors (Lipinski definition) is 7.